The largest absolute Gasteiger partial charge is 0.390 e. The smallest absolute Gasteiger partial charge is 0.326 e. The number of sulfonamides is 1. The number of rotatable bonds is 5. The summed E-state index contributed by atoms with van der Waals surface area (Å²) in [5, 5.41) is 0. The third-order valence-electron chi connectivity index (χ3n) is 2.96. The van der Waals surface area contributed by atoms with E-state index >= 15 is 0 Å². The maximum absolute atomic E-state index is 12.1. The number of hydrogen-bond acceptors (Lipinski definition) is 3. The van der Waals surface area contributed by atoms with Gasteiger partial charge in [0, 0.05) is 20.1 Å². The maximum Gasteiger partial charge on any atom is 0.390 e. The third kappa shape index (κ3) is 4.19. The summed E-state index contributed by atoms with van der Waals surface area (Å²) in [6.45, 7) is 1.34. The van der Waals surface area contributed by atoms with Gasteiger partial charge < -0.3 is 5.73 Å². The predicted octanol–water partition coefficient (Wildman–Crippen LogP) is 2.03. The lowest BCUT2D eigenvalue weighted by Crippen LogP contribution is -2.30. The predicted molar refractivity (Wildman–Crippen MR) is 69.6 cm³/mol. The van der Waals surface area contributed by atoms with Crippen molar-refractivity contribution in [2.75, 3.05) is 13.6 Å². The molecule has 0 aliphatic heterocycles. The molecule has 0 radical (unpaired) electrons. The molecule has 114 valence electrons. The Morgan fingerprint density at radius 2 is 1.90 bits per heavy atom. The van der Waals surface area contributed by atoms with Crippen molar-refractivity contribution in [3.8, 4) is 0 Å². The first-order valence-electron chi connectivity index (χ1n) is 5.90. The molecule has 0 saturated heterocycles. The van der Waals surface area contributed by atoms with Gasteiger partial charge in [0.25, 0.3) is 0 Å². The summed E-state index contributed by atoms with van der Waals surface area (Å²) in [4.78, 5) is -0.0479. The number of hydrogen-bond donors (Lipinski definition) is 1. The summed E-state index contributed by atoms with van der Waals surface area (Å²) in [5.41, 5.74) is 6.98. The van der Waals surface area contributed by atoms with Crippen LogP contribution < -0.4 is 5.73 Å². The molecule has 20 heavy (non-hydrogen) atoms. The zero-order chi connectivity index (χ0) is 15.6. The van der Waals surface area contributed by atoms with Crippen LogP contribution >= 0.6 is 0 Å². The first-order chi connectivity index (χ1) is 9.08. The molecule has 1 aromatic carbocycles. The Labute approximate surface area is 116 Å². The van der Waals surface area contributed by atoms with Gasteiger partial charge in [0.05, 0.1) is 11.3 Å². The maximum atomic E-state index is 12.1. The third-order valence-corrected chi connectivity index (χ3v) is 4.81. The first kappa shape index (κ1) is 16.9. The van der Waals surface area contributed by atoms with Crippen LogP contribution in [0.3, 0.4) is 0 Å². The molecule has 1 rings (SSSR count). The average molecular weight is 310 g/mol. The first-order valence-corrected chi connectivity index (χ1v) is 7.34. The fraction of sp³-hybridized carbons (Fsp3) is 0.500. The van der Waals surface area contributed by atoms with E-state index in [1.807, 2.05) is 0 Å². The Balaban J connectivity index is 2.98. The van der Waals surface area contributed by atoms with E-state index in [4.69, 9.17) is 5.73 Å². The Hall–Kier alpha value is -1.12. The van der Waals surface area contributed by atoms with Crippen LogP contribution in [0.1, 0.15) is 17.5 Å². The Morgan fingerprint density at radius 3 is 2.40 bits per heavy atom. The van der Waals surface area contributed by atoms with Crippen molar-refractivity contribution in [2.24, 2.45) is 5.73 Å². The van der Waals surface area contributed by atoms with E-state index in [1.54, 1.807) is 13.0 Å². The van der Waals surface area contributed by atoms with E-state index in [2.05, 4.69) is 0 Å². The van der Waals surface area contributed by atoms with E-state index < -0.39 is 29.2 Å². The molecule has 0 atom stereocenters. The molecule has 2 N–H and O–H groups in total. The summed E-state index contributed by atoms with van der Waals surface area (Å²) < 4.78 is 61.4. The van der Waals surface area contributed by atoms with Crippen LogP contribution in [0.5, 0.6) is 0 Å². The summed E-state index contributed by atoms with van der Waals surface area (Å²) >= 11 is 0. The fourth-order valence-electron chi connectivity index (χ4n) is 1.61. The number of aryl methyl sites for hydroxylation is 1. The van der Waals surface area contributed by atoms with Gasteiger partial charge in [-0.2, -0.15) is 13.2 Å². The SMILES string of the molecule is Cc1ccc(S(=O)(=O)N(C)CCC(F)(F)F)cc1CN. The molecule has 0 aromatic heterocycles. The van der Waals surface area contributed by atoms with Crippen LogP contribution in [0.2, 0.25) is 0 Å². The highest BCUT2D eigenvalue weighted by atomic mass is 32.2. The highest BCUT2D eigenvalue weighted by Crippen LogP contribution is 2.23. The Kier molecular flexibility index (Phi) is 5.17. The molecule has 0 unspecified atom stereocenters. The van der Waals surface area contributed by atoms with Gasteiger partial charge in [0.2, 0.25) is 10.0 Å². The average Bonchev–Trinajstić information content (AvgIpc) is 2.35. The minimum absolute atomic E-state index is 0.0479. The molecule has 0 amide bonds. The van der Waals surface area contributed by atoms with Gasteiger partial charge in [-0.25, -0.2) is 12.7 Å². The van der Waals surface area contributed by atoms with Crippen molar-refractivity contribution in [3.63, 3.8) is 0 Å². The molecule has 0 saturated carbocycles. The Morgan fingerprint density at radius 1 is 1.30 bits per heavy atom. The van der Waals surface area contributed by atoms with Crippen LogP contribution in [0.4, 0.5) is 13.2 Å². The second-order valence-corrected chi connectivity index (χ2v) is 6.53. The lowest BCUT2D eigenvalue weighted by Gasteiger charge is -2.18. The monoisotopic (exact) mass is 310 g/mol. The van der Waals surface area contributed by atoms with E-state index in [9.17, 15) is 21.6 Å². The standard InChI is InChI=1S/C12H17F3N2O2S/c1-9-3-4-11(7-10(9)8-16)20(18,19)17(2)6-5-12(13,14)15/h3-4,7H,5-6,8,16H2,1-2H3. The van der Waals surface area contributed by atoms with Gasteiger partial charge in [-0.3, -0.25) is 0 Å². The summed E-state index contributed by atoms with van der Waals surface area (Å²) in [6.07, 6.45) is -5.57. The van der Waals surface area contributed by atoms with Gasteiger partial charge in [0.1, 0.15) is 0 Å². The van der Waals surface area contributed by atoms with Gasteiger partial charge >= 0.3 is 6.18 Å². The van der Waals surface area contributed by atoms with E-state index in [0.717, 1.165) is 12.6 Å². The van der Waals surface area contributed by atoms with Crippen molar-refractivity contribution in [1.82, 2.24) is 4.31 Å². The van der Waals surface area contributed by atoms with E-state index in [1.165, 1.54) is 12.1 Å². The van der Waals surface area contributed by atoms with Crippen molar-refractivity contribution in [2.45, 2.75) is 31.0 Å². The highest BCUT2D eigenvalue weighted by molar-refractivity contribution is 7.89. The van der Waals surface area contributed by atoms with Crippen molar-refractivity contribution in [1.29, 1.82) is 0 Å². The number of nitrogens with two attached hydrogens (primary N) is 1. The lowest BCUT2D eigenvalue weighted by atomic mass is 10.1. The Bertz CT molecular complexity index is 571. The molecule has 0 fully saturated rings. The van der Waals surface area contributed by atoms with Crippen LogP contribution in [0.25, 0.3) is 0 Å². The summed E-state index contributed by atoms with van der Waals surface area (Å²) in [7, 11) is -2.80. The molecule has 0 aliphatic carbocycles. The highest BCUT2D eigenvalue weighted by Gasteiger charge is 2.30. The van der Waals surface area contributed by atoms with Crippen LogP contribution in [-0.4, -0.2) is 32.5 Å². The second kappa shape index (κ2) is 6.11. The van der Waals surface area contributed by atoms with Crippen molar-refractivity contribution >= 4 is 10.0 Å². The van der Waals surface area contributed by atoms with Crippen molar-refractivity contribution in [3.05, 3.63) is 29.3 Å². The fourth-order valence-corrected chi connectivity index (χ4v) is 2.84. The molecule has 4 nitrogen and oxygen atoms in total. The minimum atomic E-state index is -4.39. The molecule has 0 aliphatic rings. The van der Waals surface area contributed by atoms with Crippen LogP contribution in [0.15, 0.2) is 23.1 Å². The second-order valence-electron chi connectivity index (χ2n) is 4.48. The van der Waals surface area contributed by atoms with Crippen LogP contribution in [-0.2, 0) is 16.6 Å². The molecular weight excluding hydrogens is 293 g/mol. The molecule has 0 heterocycles. The molecule has 0 bridgehead atoms. The normalized spacial score (nSPS) is 12.9. The zero-order valence-corrected chi connectivity index (χ0v) is 12.1. The molecule has 0 spiro atoms. The number of alkyl halides is 3. The molecular formula is C12H17F3N2O2S. The van der Waals surface area contributed by atoms with Gasteiger partial charge in [0.15, 0.2) is 0 Å². The summed E-state index contributed by atoms with van der Waals surface area (Å²) in [6, 6.07) is 4.36. The van der Waals surface area contributed by atoms with Crippen LogP contribution in [0, 0.1) is 6.92 Å². The number of benzene rings is 1. The van der Waals surface area contributed by atoms with E-state index in [0.29, 0.717) is 9.87 Å². The molecule has 1 aromatic rings. The van der Waals surface area contributed by atoms with Gasteiger partial charge in [-0.1, -0.05) is 6.07 Å². The topological polar surface area (TPSA) is 63.4 Å². The summed E-state index contributed by atoms with van der Waals surface area (Å²) in [5.74, 6) is 0. The van der Waals surface area contributed by atoms with Gasteiger partial charge in [-0.15, -0.1) is 0 Å². The van der Waals surface area contributed by atoms with Crippen molar-refractivity contribution < 1.29 is 21.6 Å². The minimum Gasteiger partial charge on any atom is -0.326 e. The number of halogens is 3. The molecule has 8 heteroatoms. The zero-order valence-electron chi connectivity index (χ0n) is 11.2. The van der Waals surface area contributed by atoms with Gasteiger partial charge in [-0.05, 0) is 30.2 Å². The number of nitrogens with zero attached hydrogens (tertiary/aromatic N) is 1. The quantitative estimate of drug-likeness (QED) is 0.905. The lowest BCUT2D eigenvalue weighted by molar-refractivity contribution is -0.135. The van der Waals surface area contributed by atoms with E-state index in [-0.39, 0.29) is 11.4 Å².